The highest BCUT2D eigenvalue weighted by Crippen LogP contribution is 2.04. The fourth-order valence-corrected chi connectivity index (χ4v) is 0.918. The fraction of sp³-hybridized carbons (Fsp3) is 0.385. The van der Waals surface area contributed by atoms with Gasteiger partial charge in [0, 0.05) is 19.7 Å². The van der Waals surface area contributed by atoms with Crippen molar-refractivity contribution in [1.82, 2.24) is 4.90 Å². The molecule has 0 aromatic rings. The molecule has 0 amide bonds. The lowest BCUT2D eigenvalue weighted by molar-refractivity contribution is -0.139. The van der Waals surface area contributed by atoms with Gasteiger partial charge < -0.3 is 9.64 Å². The Kier molecular flexibility index (Phi) is 7.20. The van der Waals surface area contributed by atoms with Gasteiger partial charge in [-0.1, -0.05) is 6.08 Å². The van der Waals surface area contributed by atoms with Crippen LogP contribution in [0.25, 0.3) is 0 Å². The summed E-state index contributed by atoms with van der Waals surface area (Å²) in [6.07, 6.45) is 7.26. The second kappa shape index (κ2) is 8.17. The second-order valence-corrected chi connectivity index (χ2v) is 3.75. The second-order valence-electron chi connectivity index (χ2n) is 3.75. The fourth-order valence-electron chi connectivity index (χ4n) is 0.918. The van der Waals surface area contributed by atoms with Crippen LogP contribution in [0.5, 0.6) is 0 Å². The number of allylic oxidation sites excluding steroid dienone is 4. The van der Waals surface area contributed by atoms with E-state index in [2.05, 4.69) is 4.74 Å². The van der Waals surface area contributed by atoms with Crippen molar-refractivity contribution in [3.8, 4) is 6.07 Å². The Hall–Kier alpha value is -2.02. The Balaban J connectivity index is 4.60. The maximum atomic E-state index is 11.0. The predicted molar refractivity (Wildman–Crippen MR) is 66.9 cm³/mol. The monoisotopic (exact) mass is 234 g/mol. The summed E-state index contributed by atoms with van der Waals surface area (Å²) >= 11 is 0. The topological polar surface area (TPSA) is 53.3 Å². The van der Waals surface area contributed by atoms with Crippen molar-refractivity contribution in [2.75, 3.05) is 21.2 Å². The molecule has 0 saturated carbocycles. The summed E-state index contributed by atoms with van der Waals surface area (Å²) in [6.45, 7) is 1.92. The van der Waals surface area contributed by atoms with Gasteiger partial charge in [-0.25, -0.2) is 0 Å². The molecule has 0 atom stereocenters. The summed E-state index contributed by atoms with van der Waals surface area (Å²) in [7, 11) is 5.16. The number of esters is 1. The number of carbonyl (C=O) groups excluding carboxylic acids is 1. The van der Waals surface area contributed by atoms with Gasteiger partial charge in [0.25, 0.3) is 0 Å². The van der Waals surface area contributed by atoms with E-state index < -0.39 is 5.97 Å². The molecular weight excluding hydrogens is 216 g/mol. The summed E-state index contributed by atoms with van der Waals surface area (Å²) in [5.74, 6) is -0.410. The smallest absolute Gasteiger partial charge is 0.310 e. The van der Waals surface area contributed by atoms with E-state index in [1.165, 1.54) is 7.11 Å². The number of hydrogen-bond donors (Lipinski definition) is 0. The van der Waals surface area contributed by atoms with Crippen molar-refractivity contribution in [2.45, 2.75) is 13.3 Å². The zero-order valence-corrected chi connectivity index (χ0v) is 10.7. The molecule has 0 aromatic heterocycles. The van der Waals surface area contributed by atoms with Crippen molar-refractivity contribution < 1.29 is 9.53 Å². The Morgan fingerprint density at radius 2 is 2.06 bits per heavy atom. The lowest BCUT2D eigenvalue weighted by Gasteiger charge is -2.02. The van der Waals surface area contributed by atoms with Crippen molar-refractivity contribution in [2.24, 2.45) is 0 Å². The van der Waals surface area contributed by atoms with Gasteiger partial charge in [0.05, 0.1) is 19.6 Å². The van der Waals surface area contributed by atoms with Crippen LogP contribution in [0.3, 0.4) is 0 Å². The lowest BCUT2D eigenvalue weighted by Crippen LogP contribution is -2.00. The molecule has 0 aliphatic heterocycles. The average molecular weight is 234 g/mol. The van der Waals surface area contributed by atoms with Crippen LogP contribution >= 0.6 is 0 Å². The molecule has 0 aliphatic rings. The SMILES string of the molecule is COC(=O)C/C(C#N)=C/C=C(C)/C=C/N(C)C. The maximum Gasteiger partial charge on any atom is 0.310 e. The molecule has 0 bridgehead atoms. The van der Waals surface area contributed by atoms with E-state index in [1.54, 1.807) is 12.2 Å². The molecule has 0 aliphatic carbocycles. The van der Waals surface area contributed by atoms with E-state index in [9.17, 15) is 4.79 Å². The Morgan fingerprint density at radius 3 is 2.53 bits per heavy atom. The van der Waals surface area contributed by atoms with Gasteiger partial charge in [-0.15, -0.1) is 0 Å². The number of carbonyl (C=O) groups is 1. The molecule has 0 radical (unpaired) electrons. The average Bonchev–Trinajstić information content (AvgIpc) is 2.31. The Morgan fingerprint density at radius 1 is 1.41 bits per heavy atom. The first kappa shape index (κ1) is 15.0. The minimum atomic E-state index is -0.410. The molecular formula is C13H18N2O2. The van der Waals surface area contributed by atoms with Crippen LogP contribution in [0.15, 0.2) is 35.6 Å². The van der Waals surface area contributed by atoms with Crippen LogP contribution in [-0.4, -0.2) is 32.1 Å². The molecule has 0 aromatic carbocycles. The lowest BCUT2D eigenvalue weighted by atomic mass is 10.1. The summed E-state index contributed by atoms with van der Waals surface area (Å²) in [5.41, 5.74) is 1.38. The molecule has 0 unspecified atom stereocenters. The highest BCUT2D eigenvalue weighted by atomic mass is 16.5. The number of methoxy groups -OCH3 is 1. The molecule has 0 fully saturated rings. The van der Waals surface area contributed by atoms with Crippen LogP contribution in [0, 0.1) is 11.3 Å². The van der Waals surface area contributed by atoms with Crippen molar-refractivity contribution >= 4 is 5.97 Å². The normalized spacial score (nSPS) is 12.4. The Labute approximate surface area is 102 Å². The molecule has 0 saturated heterocycles. The first-order chi connectivity index (χ1) is 7.99. The zero-order chi connectivity index (χ0) is 13.3. The molecule has 0 heterocycles. The third-order valence-corrected chi connectivity index (χ3v) is 1.89. The summed E-state index contributed by atoms with van der Waals surface area (Å²) in [5, 5.41) is 8.82. The first-order valence-corrected chi connectivity index (χ1v) is 5.18. The van der Waals surface area contributed by atoms with Crippen LogP contribution in [-0.2, 0) is 9.53 Å². The van der Waals surface area contributed by atoms with Gasteiger partial charge in [0.2, 0.25) is 0 Å². The van der Waals surface area contributed by atoms with E-state index in [0.29, 0.717) is 5.57 Å². The largest absolute Gasteiger partial charge is 0.469 e. The highest BCUT2D eigenvalue weighted by molar-refractivity contribution is 5.73. The van der Waals surface area contributed by atoms with Gasteiger partial charge in [-0.3, -0.25) is 4.79 Å². The molecule has 0 spiro atoms. The maximum absolute atomic E-state index is 11.0. The number of ether oxygens (including phenoxy) is 1. The molecule has 0 N–H and O–H groups in total. The molecule has 4 nitrogen and oxygen atoms in total. The van der Waals surface area contributed by atoms with Gasteiger partial charge >= 0.3 is 5.97 Å². The molecule has 4 heteroatoms. The third-order valence-electron chi connectivity index (χ3n) is 1.89. The van der Waals surface area contributed by atoms with Crippen molar-refractivity contribution in [3.63, 3.8) is 0 Å². The van der Waals surface area contributed by atoms with Crippen LogP contribution < -0.4 is 0 Å². The molecule has 92 valence electrons. The van der Waals surface area contributed by atoms with Gasteiger partial charge in [-0.05, 0) is 30.8 Å². The van der Waals surface area contributed by atoms with Gasteiger partial charge in [0.15, 0.2) is 0 Å². The summed E-state index contributed by atoms with van der Waals surface area (Å²) < 4.78 is 4.50. The molecule has 0 rings (SSSR count). The van der Waals surface area contributed by atoms with Crippen LogP contribution in [0.1, 0.15) is 13.3 Å². The number of hydrogen-bond acceptors (Lipinski definition) is 4. The standard InChI is InChI=1S/C13H18N2O2/c1-11(7-8-15(2)3)5-6-12(10-14)9-13(16)17-4/h5-8H,9H2,1-4H3/b8-7+,11-5+,12-6-. The predicted octanol–water partition coefficient (Wildman–Crippen LogP) is 2.02. The van der Waals surface area contributed by atoms with E-state index in [-0.39, 0.29) is 6.42 Å². The van der Waals surface area contributed by atoms with Crippen LogP contribution in [0.4, 0.5) is 0 Å². The summed E-state index contributed by atoms with van der Waals surface area (Å²) in [4.78, 5) is 12.9. The van der Waals surface area contributed by atoms with Crippen molar-refractivity contribution in [1.29, 1.82) is 5.26 Å². The third kappa shape index (κ3) is 7.86. The van der Waals surface area contributed by atoms with E-state index in [4.69, 9.17) is 5.26 Å². The number of nitrogens with zero attached hydrogens (tertiary/aromatic N) is 2. The van der Waals surface area contributed by atoms with Crippen LogP contribution in [0.2, 0.25) is 0 Å². The molecule has 17 heavy (non-hydrogen) atoms. The minimum Gasteiger partial charge on any atom is -0.469 e. The summed E-state index contributed by atoms with van der Waals surface area (Å²) in [6, 6.07) is 1.97. The van der Waals surface area contributed by atoms with Crippen molar-refractivity contribution in [3.05, 3.63) is 35.6 Å². The van der Waals surface area contributed by atoms with Gasteiger partial charge in [0.1, 0.15) is 0 Å². The quantitative estimate of drug-likeness (QED) is 0.415. The van der Waals surface area contributed by atoms with E-state index in [1.807, 2.05) is 44.3 Å². The first-order valence-electron chi connectivity index (χ1n) is 5.18. The highest BCUT2D eigenvalue weighted by Gasteiger charge is 2.03. The Bertz CT molecular complexity index is 385. The number of nitriles is 1. The minimum absolute atomic E-state index is 0.00811. The zero-order valence-electron chi connectivity index (χ0n) is 10.7. The van der Waals surface area contributed by atoms with E-state index >= 15 is 0 Å². The number of rotatable bonds is 5. The van der Waals surface area contributed by atoms with Gasteiger partial charge in [-0.2, -0.15) is 5.26 Å². The van der Waals surface area contributed by atoms with E-state index in [0.717, 1.165) is 5.57 Å².